The second-order valence-corrected chi connectivity index (χ2v) is 3.67. The zero-order valence-corrected chi connectivity index (χ0v) is 8.75. The summed E-state index contributed by atoms with van der Waals surface area (Å²) in [6.07, 6.45) is 1.66. The number of carboxylic acids is 1. The van der Waals surface area contributed by atoms with E-state index < -0.39 is 5.97 Å². The summed E-state index contributed by atoms with van der Waals surface area (Å²) in [7, 11) is 0. The van der Waals surface area contributed by atoms with Crippen molar-refractivity contribution >= 4 is 5.97 Å². The minimum absolute atomic E-state index is 0.331. The van der Waals surface area contributed by atoms with E-state index in [0.29, 0.717) is 25.6 Å². The molecule has 0 fully saturated rings. The highest BCUT2D eigenvalue weighted by Gasteiger charge is 2.17. The topological polar surface area (TPSA) is 46.5 Å². The van der Waals surface area contributed by atoms with Crippen LogP contribution in [0.25, 0.3) is 0 Å². The van der Waals surface area contributed by atoms with Crippen LogP contribution in [0.3, 0.4) is 0 Å². The second-order valence-electron chi connectivity index (χ2n) is 3.67. The van der Waals surface area contributed by atoms with E-state index in [1.165, 1.54) is 0 Å². The van der Waals surface area contributed by atoms with E-state index in [1.807, 2.05) is 6.92 Å². The molecule has 1 atom stereocenters. The number of hydrogen-bond acceptors (Lipinski definition) is 2. The van der Waals surface area contributed by atoms with Crippen LogP contribution in [0.4, 0.5) is 0 Å². The van der Waals surface area contributed by atoms with Crippen LogP contribution in [-0.2, 0) is 9.53 Å². The Kier molecular flexibility index (Phi) is 6.59. The number of carbonyl (C=O) groups is 1. The van der Waals surface area contributed by atoms with Gasteiger partial charge in [0.05, 0.1) is 12.5 Å². The SMILES string of the molecule is CCOCC(CCC(C)C)C(=O)O. The first-order valence-electron chi connectivity index (χ1n) is 4.88. The number of hydrogen-bond donors (Lipinski definition) is 1. The summed E-state index contributed by atoms with van der Waals surface area (Å²) in [5.74, 6) is -0.514. The Morgan fingerprint density at radius 3 is 2.38 bits per heavy atom. The minimum Gasteiger partial charge on any atom is -0.481 e. The Bertz CT molecular complexity index is 143. The van der Waals surface area contributed by atoms with Gasteiger partial charge in [0, 0.05) is 6.61 Å². The van der Waals surface area contributed by atoms with E-state index >= 15 is 0 Å². The maximum absolute atomic E-state index is 10.7. The summed E-state index contributed by atoms with van der Waals surface area (Å²) in [6, 6.07) is 0. The van der Waals surface area contributed by atoms with Gasteiger partial charge in [-0.3, -0.25) is 4.79 Å². The maximum atomic E-state index is 10.7. The van der Waals surface area contributed by atoms with Crippen molar-refractivity contribution in [3.05, 3.63) is 0 Å². The Morgan fingerprint density at radius 1 is 1.38 bits per heavy atom. The molecule has 0 aromatic rings. The Morgan fingerprint density at radius 2 is 2.00 bits per heavy atom. The third-order valence-electron chi connectivity index (χ3n) is 1.96. The molecule has 1 unspecified atom stereocenters. The quantitative estimate of drug-likeness (QED) is 0.666. The van der Waals surface area contributed by atoms with Crippen LogP contribution in [-0.4, -0.2) is 24.3 Å². The van der Waals surface area contributed by atoms with Gasteiger partial charge in [-0.2, -0.15) is 0 Å². The molecule has 3 heteroatoms. The van der Waals surface area contributed by atoms with Crippen molar-refractivity contribution in [1.29, 1.82) is 0 Å². The van der Waals surface area contributed by atoms with E-state index in [9.17, 15) is 4.79 Å². The molecule has 78 valence electrons. The van der Waals surface area contributed by atoms with E-state index in [2.05, 4.69) is 13.8 Å². The van der Waals surface area contributed by atoms with Crippen molar-refractivity contribution in [2.75, 3.05) is 13.2 Å². The molecule has 0 rings (SSSR count). The summed E-state index contributed by atoms with van der Waals surface area (Å²) in [4.78, 5) is 10.7. The smallest absolute Gasteiger partial charge is 0.308 e. The van der Waals surface area contributed by atoms with Crippen LogP contribution >= 0.6 is 0 Å². The van der Waals surface area contributed by atoms with Crippen LogP contribution < -0.4 is 0 Å². The van der Waals surface area contributed by atoms with Gasteiger partial charge >= 0.3 is 5.97 Å². The average molecular weight is 188 g/mol. The fourth-order valence-electron chi connectivity index (χ4n) is 1.07. The fraction of sp³-hybridized carbons (Fsp3) is 0.900. The molecule has 0 saturated heterocycles. The molecule has 0 aliphatic rings. The van der Waals surface area contributed by atoms with Gasteiger partial charge in [-0.15, -0.1) is 0 Å². The summed E-state index contributed by atoms with van der Waals surface area (Å²) < 4.78 is 5.11. The van der Waals surface area contributed by atoms with Gasteiger partial charge in [0.25, 0.3) is 0 Å². The average Bonchev–Trinajstić information content (AvgIpc) is 2.03. The van der Waals surface area contributed by atoms with Crippen LogP contribution in [0.2, 0.25) is 0 Å². The largest absolute Gasteiger partial charge is 0.481 e. The van der Waals surface area contributed by atoms with Crippen LogP contribution in [0, 0.1) is 11.8 Å². The summed E-state index contributed by atoms with van der Waals surface area (Å²) in [5.41, 5.74) is 0. The van der Waals surface area contributed by atoms with E-state index in [0.717, 1.165) is 6.42 Å². The summed E-state index contributed by atoms with van der Waals surface area (Å²) in [5, 5.41) is 8.83. The number of ether oxygens (including phenoxy) is 1. The molecule has 0 saturated carbocycles. The zero-order chi connectivity index (χ0) is 10.3. The van der Waals surface area contributed by atoms with Crippen LogP contribution in [0.15, 0.2) is 0 Å². The monoisotopic (exact) mass is 188 g/mol. The van der Waals surface area contributed by atoms with Gasteiger partial charge in [-0.05, 0) is 19.3 Å². The molecule has 13 heavy (non-hydrogen) atoms. The third-order valence-corrected chi connectivity index (χ3v) is 1.96. The molecular weight excluding hydrogens is 168 g/mol. The molecule has 0 aliphatic carbocycles. The molecule has 0 heterocycles. The molecule has 0 aromatic heterocycles. The molecule has 0 radical (unpaired) electrons. The first-order chi connectivity index (χ1) is 6.07. The Hall–Kier alpha value is -0.570. The van der Waals surface area contributed by atoms with Crippen molar-refractivity contribution in [2.24, 2.45) is 11.8 Å². The van der Waals surface area contributed by atoms with Gasteiger partial charge in [-0.25, -0.2) is 0 Å². The first kappa shape index (κ1) is 12.4. The van der Waals surface area contributed by atoms with Gasteiger partial charge in [0.2, 0.25) is 0 Å². The van der Waals surface area contributed by atoms with Crippen molar-refractivity contribution in [3.63, 3.8) is 0 Å². The molecule has 1 N–H and O–H groups in total. The van der Waals surface area contributed by atoms with E-state index in [1.54, 1.807) is 0 Å². The zero-order valence-electron chi connectivity index (χ0n) is 8.75. The van der Waals surface area contributed by atoms with Gasteiger partial charge < -0.3 is 9.84 Å². The molecular formula is C10H20O3. The normalized spacial score (nSPS) is 13.2. The van der Waals surface area contributed by atoms with Gasteiger partial charge in [-0.1, -0.05) is 20.3 Å². The molecule has 0 aromatic carbocycles. The number of rotatable bonds is 7. The van der Waals surface area contributed by atoms with Crippen LogP contribution in [0.1, 0.15) is 33.6 Å². The maximum Gasteiger partial charge on any atom is 0.308 e. The highest BCUT2D eigenvalue weighted by Crippen LogP contribution is 2.12. The molecule has 0 bridgehead atoms. The van der Waals surface area contributed by atoms with Gasteiger partial charge in [0.1, 0.15) is 0 Å². The van der Waals surface area contributed by atoms with Crippen molar-refractivity contribution < 1.29 is 14.6 Å². The second kappa shape index (κ2) is 6.89. The predicted molar refractivity (Wildman–Crippen MR) is 51.7 cm³/mol. The van der Waals surface area contributed by atoms with Crippen molar-refractivity contribution in [2.45, 2.75) is 33.6 Å². The molecule has 0 amide bonds. The lowest BCUT2D eigenvalue weighted by molar-refractivity contribution is -0.144. The highest BCUT2D eigenvalue weighted by molar-refractivity contribution is 5.70. The fourth-order valence-corrected chi connectivity index (χ4v) is 1.07. The minimum atomic E-state index is -0.742. The number of carboxylic acid groups (broad SMARTS) is 1. The Balaban J connectivity index is 3.74. The standard InChI is InChI=1S/C10H20O3/c1-4-13-7-9(10(11)12)6-5-8(2)3/h8-9H,4-7H2,1-3H3,(H,11,12). The van der Waals surface area contributed by atoms with Crippen molar-refractivity contribution in [1.82, 2.24) is 0 Å². The lowest BCUT2D eigenvalue weighted by Crippen LogP contribution is -2.20. The lowest BCUT2D eigenvalue weighted by atomic mass is 9.99. The Labute approximate surface area is 80.1 Å². The lowest BCUT2D eigenvalue weighted by Gasteiger charge is -2.13. The van der Waals surface area contributed by atoms with Crippen LogP contribution in [0.5, 0.6) is 0 Å². The number of aliphatic carboxylic acids is 1. The van der Waals surface area contributed by atoms with E-state index in [-0.39, 0.29) is 5.92 Å². The highest BCUT2D eigenvalue weighted by atomic mass is 16.5. The van der Waals surface area contributed by atoms with Gasteiger partial charge in [0.15, 0.2) is 0 Å². The molecule has 3 nitrogen and oxygen atoms in total. The summed E-state index contributed by atoms with van der Waals surface area (Å²) >= 11 is 0. The third kappa shape index (κ3) is 6.58. The predicted octanol–water partition coefficient (Wildman–Crippen LogP) is 2.16. The summed E-state index contributed by atoms with van der Waals surface area (Å²) in [6.45, 7) is 7.00. The molecule has 0 spiro atoms. The first-order valence-corrected chi connectivity index (χ1v) is 4.88. The van der Waals surface area contributed by atoms with E-state index in [4.69, 9.17) is 9.84 Å². The van der Waals surface area contributed by atoms with Crippen molar-refractivity contribution in [3.8, 4) is 0 Å². The molecule has 0 aliphatic heterocycles.